The maximum absolute atomic E-state index is 12.6. The second kappa shape index (κ2) is 6.98. The largest absolute Gasteiger partial charge is 0.548 e. The van der Waals surface area contributed by atoms with E-state index in [-0.39, 0.29) is 5.76 Å². The second-order valence-corrected chi connectivity index (χ2v) is 6.09. The molecular weight excluding hydrogens is 390 g/mol. The lowest BCUT2D eigenvalue weighted by atomic mass is 10.1. The summed E-state index contributed by atoms with van der Waals surface area (Å²) in [6.45, 7) is -0.553. The number of carbonyl (C=O) groups is 2. The van der Waals surface area contributed by atoms with Gasteiger partial charge in [0.15, 0.2) is 11.5 Å². The number of hydrogen-bond donors (Lipinski definition) is 0. The highest BCUT2D eigenvalue weighted by atomic mass is 79.9. The first-order chi connectivity index (χ1) is 12.0. The summed E-state index contributed by atoms with van der Waals surface area (Å²) in [6, 6.07) is 12.0. The minimum absolute atomic E-state index is 0.0250. The molecule has 0 spiro atoms. The van der Waals surface area contributed by atoms with Crippen molar-refractivity contribution < 1.29 is 24.2 Å². The van der Waals surface area contributed by atoms with Crippen LogP contribution in [0.15, 0.2) is 52.7 Å². The molecule has 0 saturated carbocycles. The van der Waals surface area contributed by atoms with Crippen LogP contribution in [0.4, 0.5) is 5.69 Å². The molecule has 0 fully saturated rings. The van der Waals surface area contributed by atoms with E-state index >= 15 is 0 Å². The molecule has 0 N–H and O–H groups in total. The number of rotatable bonds is 4. The number of methoxy groups -OCH3 is 1. The average Bonchev–Trinajstić information content (AvgIpc) is 2.58. The Kier molecular flexibility index (Phi) is 4.76. The molecule has 7 heteroatoms. The smallest absolute Gasteiger partial charge is 0.294 e. The van der Waals surface area contributed by atoms with Crippen molar-refractivity contribution in [3.05, 3.63) is 58.3 Å². The van der Waals surface area contributed by atoms with E-state index in [4.69, 9.17) is 9.47 Å². The van der Waals surface area contributed by atoms with Crippen LogP contribution in [0.2, 0.25) is 0 Å². The number of benzene rings is 2. The fourth-order valence-corrected chi connectivity index (χ4v) is 3.03. The van der Waals surface area contributed by atoms with Gasteiger partial charge in [-0.25, -0.2) is 0 Å². The van der Waals surface area contributed by atoms with Gasteiger partial charge in [-0.15, -0.1) is 0 Å². The third-order valence-electron chi connectivity index (χ3n) is 3.59. The molecular formula is C18H13BrNO5-. The van der Waals surface area contributed by atoms with Crippen LogP contribution in [-0.2, 0) is 9.59 Å². The number of fused-ring (bicyclic) bond motifs is 1. The summed E-state index contributed by atoms with van der Waals surface area (Å²) in [6.07, 6.45) is 1.55. The molecule has 1 amide bonds. The fourth-order valence-electron chi connectivity index (χ4n) is 2.47. The Morgan fingerprint density at radius 1 is 1.32 bits per heavy atom. The van der Waals surface area contributed by atoms with Gasteiger partial charge in [0.1, 0.15) is 5.75 Å². The van der Waals surface area contributed by atoms with Crippen LogP contribution >= 0.6 is 15.9 Å². The molecule has 0 unspecified atom stereocenters. The SMILES string of the molecule is COc1ccc(C=C2Oc3ccccc3N(CC(=O)[O-])C2=O)cc1Br. The predicted octanol–water partition coefficient (Wildman–Crippen LogP) is 1.97. The standard InChI is InChI=1S/C18H14BrNO5/c1-24-14-7-6-11(8-12(14)19)9-16-18(23)20(10-17(21)22)13-4-2-3-5-15(13)25-16/h2-9H,10H2,1H3,(H,21,22)/p-1. The fraction of sp³-hybridized carbons (Fsp3) is 0.111. The first kappa shape index (κ1) is 17.0. The number of amides is 1. The minimum atomic E-state index is -1.35. The molecule has 25 heavy (non-hydrogen) atoms. The van der Waals surface area contributed by atoms with Crippen LogP contribution in [0.5, 0.6) is 11.5 Å². The summed E-state index contributed by atoms with van der Waals surface area (Å²) < 4.78 is 11.6. The Hall–Kier alpha value is -2.80. The van der Waals surface area contributed by atoms with E-state index in [0.717, 1.165) is 9.37 Å². The zero-order valence-corrected chi connectivity index (χ0v) is 14.8. The van der Waals surface area contributed by atoms with Crippen molar-refractivity contribution in [2.75, 3.05) is 18.6 Å². The summed E-state index contributed by atoms with van der Waals surface area (Å²) in [5, 5.41) is 11.0. The molecule has 2 aromatic carbocycles. The number of ether oxygens (including phenoxy) is 2. The maximum atomic E-state index is 12.6. The number of halogens is 1. The quantitative estimate of drug-likeness (QED) is 0.730. The van der Waals surface area contributed by atoms with Crippen molar-refractivity contribution in [1.29, 1.82) is 0 Å². The monoisotopic (exact) mass is 402 g/mol. The van der Waals surface area contributed by atoms with E-state index < -0.39 is 18.4 Å². The summed E-state index contributed by atoms with van der Waals surface area (Å²) >= 11 is 3.38. The summed E-state index contributed by atoms with van der Waals surface area (Å²) in [4.78, 5) is 24.8. The molecule has 0 radical (unpaired) electrons. The van der Waals surface area contributed by atoms with Crippen molar-refractivity contribution in [3.63, 3.8) is 0 Å². The Bertz CT molecular complexity index is 878. The second-order valence-electron chi connectivity index (χ2n) is 5.24. The molecule has 1 aliphatic rings. The Morgan fingerprint density at radius 2 is 2.08 bits per heavy atom. The van der Waals surface area contributed by atoms with Crippen molar-refractivity contribution in [2.45, 2.75) is 0 Å². The van der Waals surface area contributed by atoms with Crippen molar-refractivity contribution >= 4 is 39.6 Å². The zero-order valence-electron chi connectivity index (χ0n) is 13.2. The van der Waals surface area contributed by atoms with Gasteiger partial charge in [0.05, 0.1) is 29.8 Å². The number of carboxylic acids is 1. The number of carbonyl (C=O) groups excluding carboxylic acids is 2. The van der Waals surface area contributed by atoms with Crippen LogP contribution in [0.25, 0.3) is 6.08 Å². The highest BCUT2D eigenvalue weighted by molar-refractivity contribution is 9.10. The first-order valence-electron chi connectivity index (χ1n) is 7.33. The predicted molar refractivity (Wildman–Crippen MR) is 93.1 cm³/mol. The number of aliphatic carboxylic acids is 1. The van der Waals surface area contributed by atoms with Crippen LogP contribution in [0.1, 0.15) is 5.56 Å². The molecule has 0 saturated heterocycles. The first-order valence-corrected chi connectivity index (χ1v) is 8.12. The van der Waals surface area contributed by atoms with Crippen molar-refractivity contribution in [3.8, 4) is 11.5 Å². The average molecular weight is 403 g/mol. The lowest BCUT2D eigenvalue weighted by Gasteiger charge is -2.30. The third kappa shape index (κ3) is 3.51. The van der Waals surface area contributed by atoms with E-state index in [2.05, 4.69) is 15.9 Å². The van der Waals surface area contributed by atoms with Gasteiger partial charge >= 0.3 is 0 Å². The Balaban J connectivity index is 2.01. The molecule has 2 aromatic rings. The van der Waals surface area contributed by atoms with Gasteiger partial charge in [0, 0.05) is 0 Å². The topological polar surface area (TPSA) is 78.9 Å². The molecule has 1 aliphatic heterocycles. The molecule has 1 heterocycles. The number of carboxylic acid groups (broad SMARTS) is 1. The molecule has 0 aliphatic carbocycles. The molecule has 6 nitrogen and oxygen atoms in total. The number of para-hydroxylation sites is 2. The van der Waals surface area contributed by atoms with Crippen LogP contribution < -0.4 is 19.5 Å². The van der Waals surface area contributed by atoms with Gasteiger partial charge in [-0.1, -0.05) is 18.2 Å². The van der Waals surface area contributed by atoms with E-state index in [0.29, 0.717) is 22.7 Å². The molecule has 0 aromatic heterocycles. The van der Waals surface area contributed by atoms with Gasteiger partial charge < -0.3 is 19.4 Å². The van der Waals surface area contributed by atoms with Gasteiger partial charge in [0.2, 0.25) is 0 Å². The number of hydrogen-bond acceptors (Lipinski definition) is 5. The van der Waals surface area contributed by atoms with Gasteiger partial charge in [0.25, 0.3) is 5.91 Å². The highest BCUT2D eigenvalue weighted by Gasteiger charge is 2.30. The third-order valence-corrected chi connectivity index (χ3v) is 4.21. The van der Waals surface area contributed by atoms with E-state index in [1.165, 1.54) is 0 Å². The minimum Gasteiger partial charge on any atom is -0.548 e. The summed E-state index contributed by atoms with van der Waals surface area (Å²) in [5.74, 6) is -0.812. The lowest BCUT2D eigenvalue weighted by Crippen LogP contribution is -2.44. The van der Waals surface area contributed by atoms with Gasteiger partial charge in [-0.2, -0.15) is 0 Å². The normalized spacial score (nSPS) is 14.9. The number of nitrogens with zero attached hydrogens (tertiary/aromatic N) is 1. The number of anilines is 1. The van der Waals surface area contributed by atoms with Gasteiger partial charge in [-0.3, -0.25) is 9.69 Å². The van der Waals surface area contributed by atoms with E-state index in [9.17, 15) is 14.7 Å². The van der Waals surface area contributed by atoms with Crippen LogP contribution in [0, 0.1) is 0 Å². The lowest BCUT2D eigenvalue weighted by molar-refractivity contribution is -0.303. The van der Waals surface area contributed by atoms with Crippen molar-refractivity contribution in [2.24, 2.45) is 0 Å². The van der Waals surface area contributed by atoms with Crippen molar-refractivity contribution in [1.82, 2.24) is 0 Å². The van der Waals surface area contributed by atoms with E-state index in [1.54, 1.807) is 55.7 Å². The summed E-state index contributed by atoms with van der Waals surface area (Å²) in [7, 11) is 1.56. The van der Waals surface area contributed by atoms with Crippen LogP contribution in [0.3, 0.4) is 0 Å². The maximum Gasteiger partial charge on any atom is 0.294 e. The molecule has 0 atom stereocenters. The molecule has 128 valence electrons. The Labute approximate surface area is 152 Å². The highest BCUT2D eigenvalue weighted by Crippen LogP contribution is 2.35. The van der Waals surface area contributed by atoms with Gasteiger partial charge in [-0.05, 0) is 51.8 Å². The molecule has 3 rings (SSSR count). The molecule has 0 bridgehead atoms. The van der Waals surface area contributed by atoms with E-state index in [1.807, 2.05) is 0 Å². The van der Waals surface area contributed by atoms with Crippen LogP contribution in [-0.4, -0.2) is 25.5 Å². The summed E-state index contributed by atoms with van der Waals surface area (Å²) in [5.41, 5.74) is 1.09. The Morgan fingerprint density at radius 3 is 2.76 bits per heavy atom. The zero-order chi connectivity index (χ0) is 18.0.